The van der Waals surface area contributed by atoms with Gasteiger partial charge in [-0.2, -0.15) is 0 Å². The minimum absolute atomic E-state index is 0.599. The molecule has 0 aliphatic rings. The minimum Gasteiger partial charge on any atom is -0.358 e. The summed E-state index contributed by atoms with van der Waals surface area (Å²) in [5.41, 5.74) is 2.08. The van der Waals surface area contributed by atoms with Gasteiger partial charge in [-0.3, -0.25) is 4.98 Å². The fraction of sp³-hybridized carbons (Fsp3) is 0.0769. The molecule has 3 nitrogen and oxygen atoms in total. The summed E-state index contributed by atoms with van der Waals surface area (Å²) in [7, 11) is 0. The molecule has 0 aliphatic carbocycles. The van der Waals surface area contributed by atoms with Crippen LogP contribution in [0.25, 0.3) is 0 Å². The first-order valence-corrected chi connectivity index (χ1v) is 5.74. The Hall–Kier alpha value is -1.94. The summed E-state index contributed by atoms with van der Waals surface area (Å²) >= 11 is 5.19. The number of nitrogens with one attached hydrogen (secondary N) is 2. The Morgan fingerprint density at radius 3 is 2.65 bits per heavy atom. The van der Waals surface area contributed by atoms with Crippen LogP contribution in [-0.4, -0.2) is 10.1 Å². The van der Waals surface area contributed by atoms with Crippen molar-refractivity contribution >= 4 is 23.0 Å². The highest BCUT2D eigenvalue weighted by molar-refractivity contribution is 7.80. The van der Waals surface area contributed by atoms with E-state index < -0.39 is 0 Å². The van der Waals surface area contributed by atoms with Crippen LogP contribution in [-0.2, 0) is 6.54 Å². The van der Waals surface area contributed by atoms with Crippen LogP contribution in [0.4, 0.5) is 5.69 Å². The van der Waals surface area contributed by atoms with E-state index in [4.69, 9.17) is 12.2 Å². The van der Waals surface area contributed by atoms with Crippen LogP contribution in [0.3, 0.4) is 0 Å². The highest BCUT2D eigenvalue weighted by atomic mass is 32.1. The number of nitrogens with zero attached hydrogens (tertiary/aromatic N) is 1. The predicted molar refractivity (Wildman–Crippen MR) is 73.7 cm³/mol. The van der Waals surface area contributed by atoms with Crippen LogP contribution in [0, 0.1) is 0 Å². The Bertz CT molecular complexity index is 471. The van der Waals surface area contributed by atoms with E-state index in [0.717, 1.165) is 5.69 Å². The molecule has 0 spiro atoms. The number of hydrogen-bond acceptors (Lipinski definition) is 2. The van der Waals surface area contributed by atoms with Gasteiger partial charge < -0.3 is 10.6 Å². The molecule has 1 aromatic carbocycles. The van der Waals surface area contributed by atoms with Crippen LogP contribution in [0.15, 0.2) is 54.9 Å². The fourth-order valence-corrected chi connectivity index (χ4v) is 1.58. The van der Waals surface area contributed by atoms with Crippen molar-refractivity contribution in [2.75, 3.05) is 5.32 Å². The number of rotatable bonds is 3. The molecule has 1 aromatic heterocycles. The molecule has 0 unspecified atom stereocenters. The van der Waals surface area contributed by atoms with E-state index in [9.17, 15) is 0 Å². The van der Waals surface area contributed by atoms with Gasteiger partial charge in [0.1, 0.15) is 0 Å². The van der Waals surface area contributed by atoms with Crippen molar-refractivity contribution in [2.24, 2.45) is 0 Å². The zero-order valence-electron chi connectivity index (χ0n) is 9.26. The topological polar surface area (TPSA) is 37.0 Å². The molecule has 1 heterocycles. The molecule has 0 saturated heterocycles. The van der Waals surface area contributed by atoms with Gasteiger partial charge >= 0.3 is 0 Å². The SMILES string of the molecule is S=C(NCc1ccccc1)Nc1cccnc1. The number of thiocarbonyl (C=S) groups is 1. The van der Waals surface area contributed by atoms with Gasteiger partial charge in [0.2, 0.25) is 0 Å². The van der Waals surface area contributed by atoms with E-state index in [1.807, 2.05) is 30.3 Å². The van der Waals surface area contributed by atoms with Crippen molar-refractivity contribution < 1.29 is 0 Å². The van der Waals surface area contributed by atoms with Gasteiger partial charge in [-0.25, -0.2) is 0 Å². The minimum atomic E-state index is 0.599. The summed E-state index contributed by atoms with van der Waals surface area (Å²) in [6.45, 7) is 0.715. The predicted octanol–water partition coefficient (Wildman–Crippen LogP) is 2.57. The fourth-order valence-electron chi connectivity index (χ4n) is 1.39. The molecular weight excluding hydrogens is 230 g/mol. The summed E-state index contributed by atoms with van der Waals surface area (Å²) in [6.07, 6.45) is 3.46. The second kappa shape index (κ2) is 5.96. The maximum atomic E-state index is 5.19. The van der Waals surface area contributed by atoms with Gasteiger partial charge in [-0.1, -0.05) is 30.3 Å². The average molecular weight is 243 g/mol. The van der Waals surface area contributed by atoms with Crippen molar-refractivity contribution in [3.8, 4) is 0 Å². The maximum absolute atomic E-state index is 5.19. The highest BCUT2D eigenvalue weighted by Crippen LogP contribution is 2.02. The first-order chi connectivity index (χ1) is 8.34. The highest BCUT2D eigenvalue weighted by Gasteiger charge is 1.97. The molecule has 17 heavy (non-hydrogen) atoms. The second-order valence-electron chi connectivity index (χ2n) is 3.53. The smallest absolute Gasteiger partial charge is 0.171 e. The lowest BCUT2D eigenvalue weighted by molar-refractivity contribution is 0.926. The number of pyridine rings is 1. The molecule has 86 valence electrons. The molecule has 0 bridgehead atoms. The van der Waals surface area contributed by atoms with Crippen molar-refractivity contribution in [1.29, 1.82) is 0 Å². The standard InChI is InChI=1S/C13H13N3S/c17-13(16-12-7-4-8-14-10-12)15-9-11-5-2-1-3-6-11/h1-8,10H,9H2,(H2,15,16,17). The van der Waals surface area contributed by atoms with E-state index in [1.54, 1.807) is 12.4 Å². The van der Waals surface area contributed by atoms with Crippen LogP contribution < -0.4 is 10.6 Å². The van der Waals surface area contributed by atoms with Crippen LogP contribution in [0.2, 0.25) is 0 Å². The molecule has 0 fully saturated rings. The van der Waals surface area contributed by atoms with Gasteiger partial charge in [0.05, 0.1) is 11.9 Å². The lowest BCUT2D eigenvalue weighted by atomic mass is 10.2. The summed E-state index contributed by atoms with van der Waals surface area (Å²) in [5, 5.41) is 6.81. The lowest BCUT2D eigenvalue weighted by Crippen LogP contribution is -2.27. The third-order valence-corrected chi connectivity index (χ3v) is 2.46. The molecule has 0 saturated carbocycles. The van der Waals surface area contributed by atoms with Crippen molar-refractivity contribution in [3.63, 3.8) is 0 Å². The third-order valence-electron chi connectivity index (χ3n) is 2.22. The molecular formula is C13H13N3S. The summed E-state index contributed by atoms with van der Waals surface area (Å²) in [4.78, 5) is 4.01. The van der Waals surface area contributed by atoms with Crippen LogP contribution in [0.1, 0.15) is 5.56 Å². The zero-order valence-corrected chi connectivity index (χ0v) is 10.1. The summed E-state index contributed by atoms with van der Waals surface area (Å²) in [5.74, 6) is 0. The molecule has 2 N–H and O–H groups in total. The number of aromatic nitrogens is 1. The number of anilines is 1. The Labute approximate surface area is 106 Å². The van der Waals surface area contributed by atoms with E-state index in [1.165, 1.54) is 5.56 Å². The number of benzene rings is 1. The summed E-state index contributed by atoms with van der Waals surface area (Å²) in [6, 6.07) is 13.9. The van der Waals surface area contributed by atoms with Crippen LogP contribution >= 0.6 is 12.2 Å². The summed E-state index contributed by atoms with van der Waals surface area (Å²) < 4.78 is 0. The van der Waals surface area contributed by atoms with Crippen molar-refractivity contribution in [3.05, 3.63) is 60.4 Å². The second-order valence-corrected chi connectivity index (χ2v) is 3.94. The zero-order chi connectivity index (χ0) is 11.9. The van der Waals surface area contributed by atoms with Gasteiger partial charge in [0.25, 0.3) is 0 Å². The molecule has 2 aromatic rings. The Morgan fingerprint density at radius 2 is 1.94 bits per heavy atom. The van der Waals surface area contributed by atoms with Crippen LogP contribution in [0.5, 0.6) is 0 Å². The molecule has 0 aliphatic heterocycles. The largest absolute Gasteiger partial charge is 0.358 e. The Kier molecular flexibility index (Phi) is 4.05. The Morgan fingerprint density at radius 1 is 1.12 bits per heavy atom. The van der Waals surface area contributed by atoms with E-state index in [0.29, 0.717) is 11.7 Å². The maximum Gasteiger partial charge on any atom is 0.171 e. The molecule has 0 atom stereocenters. The molecule has 4 heteroatoms. The first-order valence-electron chi connectivity index (χ1n) is 5.33. The molecule has 0 radical (unpaired) electrons. The Balaban J connectivity index is 1.83. The van der Waals surface area contributed by atoms with E-state index in [2.05, 4.69) is 27.8 Å². The lowest BCUT2D eigenvalue weighted by Gasteiger charge is -2.09. The van der Waals surface area contributed by atoms with E-state index in [-0.39, 0.29) is 0 Å². The van der Waals surface area contributed by atoms with Crippen molar-refractivity contribution in [2.45, 2.75) is 6.54 Å². The van der Waals surface area contributed by atoms with Gasteiger partial charge in [-0.05, 0) is 29.9 Å². The van der Waals surface area contributed by atoms with Crippen molar-refractivity contribution in [1.82, 2.24) is 10.3 Å². The number of hydrogen-bond donors (Lipinski definition) is 2. The normalized spacial score (nSPS) is 9.65. The van der Waals surface area contributed by atoms with Gasteiger partial charge in [0, 0.05) is 12.7 Å². The third kappa shape index (κ3) is 3.85. The molecule has 0 amide bonds. The first kappa shape index (κ1) is 11.5. The van der Waals surface area contributed by atoms with E-state index >= 15 is 0 Å². The monoisotopic (exact) mass is 243 g/mol. The average Bonchev–Trinajstić information content (AvgIpc) is 2.39. The quantitative estimate of drug-likeness (QED) is 0.812. The molecule has 2 rings (SSSR count). The van der Waals surface area contributed by atoms with Gasteiger partial charge in [0.15, 0.2) is 5.11 Å². The van der Waals surface area contributed by atoms with Gasteiger partial charge in [-0.15, -0.1) is 0 Å².